The van der Waals surface area contributed by atoms with Crippen molar-refractivity contribution >= 4 is 21.6 Å². The second-order valence-electron chi connectivity index (χ2n) is 5.58. The Kier molecular flexibility index (Phi) is 5.55. The standard InChI is InChI=1S/C18H18F2N2O2S/c1-2-24-15-8-9-21-10-11(15)4-3-5-14(23)18-22-16-12(19)6-7-13(20)17(16)25-18/h6-10,14,23H,2-5H2,1H3. The van der Waals surface area contributed by atoms with Gasteiger partial charge in [-0.2, -0.15) is 0 Å². The fraction of sp³-hybridized carbons (Fsp3) is 0.333. The molecule has 0 aliphatic rings. The van der Waals surface area contributed by atoms with E-state index < -0.39 is 17.7 Å². The van der Waals surface area contributed by atoms with E-state index in [0.717, 1.165) is 34.8 Å². The van der Waals surface area contributed by atoms with E-state index in [4.69, 9.17) is 4.74 Å². The van der Waals surface area contributed by atoms with Gasteiger partial charge in [0.15, 0.2) is 5.82 Å². The molecule has 2 aromatic heterocycles. The van der Waals surface area contributed by atoms with Crippen molar-refractivity contribution in [3.8, 4) is 5.75 Å². The number of aliphatic hydroxyl groups excluding tert-OH is 1. The maximum Gasteiger partial charge on any atom is 0.150 e. The number of benzene rings is 1. The van der Waals surface area contributed by atoms with Crippen LogP contribution in [-0.2, 0) is 6.42 Å². The van der Waals surface area contributed by atoms with E-state index in [1.165, 1.54) is 0 Å². The van der Waals surface area contributed by atoms with Gasteiger partial charge >= 0.3 is 0 Å². The fourth-order valence-corrected chi connectivity index (χ4v) is 3.62. The highest BCUT2D eigenvalue weighted by atomic mass is 32.1. The highest BCUT2D eigenvalue weighted by Gasteiger charge is 2.18. The smallest absolute Gasteiger partial charge is 0.150 e. The van der Waals surface area contributed by atoms with Gasteiger partial charge < -0.3 is 9.84 Å². The third-order valence-electron chi connectivity index (χ3n) is 3.83. The molecule has 3 aromatic rings. The van der Waals surface area contributed by atoms with Crippen LogP contribution in [-0.4, -0.2) is 21.7 Å². The molecule has 1 atom stereocenters. The van der Waals surface area contributed by atoms with Crippen LogP contribution in [0, 0.1) is 11.6 Å². The van der Waals surface area contributed by atoms with Crippen molar-refractivity contribution in [1.82, 2.24) is 9.97 Å². The summed E-state index contributed by atoms with van der Waals surface area (Å²) in [5.41, 5.74) is 0.947. The molecular formula is C18H18F2N2O2S. The first-order valence-electron chi connectivity index (χ1n) is 8.08. The number of rotatable bonds is 7. The SMILES string of the molecule is CCOc1ccncc1CCCC(O)c1nc2c(F)ccc(F)c2s1. The first-order chi connectivity index (χ1) is 12.1. The number of hydrogen-bond acceptors (Lipinski definition) is 5. The highest BCUT2D eigenvalue weighted by Crippen LogP contribution is 2.32. The van der Waals surface area contributed by atoms with Crippen molar-refractivity contribution in [2.24, 2.45) is 0 Å². The summed E-state index contributed by atoms with van der Waals surface area (Å²) in [6, 6.07) is 3.93. The van der Waals surface area contributed by atoms with E-state index in [-0.39, 0.29) is 10.2 Å². The van der Waals surface area contributed by atoms with E-state index >= 15 is 0 Å². The predicted molar refractivity (Wildman–Crippen MR) is 92.8 cm³/mol. The first-order valence-corrected chi connectivity index (χ1v) is 8.90. The van der Waals surface area contributed by atoms with Crippen molar-refractivity contribution in [3.63, 3.8) is 0 Å². The van der Waals surface area contributed by atoms with Crippen molar-refractivity contribution < 1.29 is 18.6 Å². The molecule has 0 spiro atoms. The average Bonchev–Trinajstić information content (AvgIpc) is 3.07. The lowest BCUT2D eigenvalue weighted by atomic mass is 10.1. The van der Waals surface area contributed by atoms with Crippen molar-refractivity contribution in [2.75, 3.05) is 6.61 Å². The highest BCUT2D eigenvalue weighted by molar-refractivity contribution is 7.18. The van der Waals surface area contributed by atoms with Crippen LogP contribution in [0.2, 0.25) is 0 Å². The van der Waals surface area contributed by atoms with E-state index in [2.05, 4.69) is 9.97 Å². The van der Waals surface area contributed by atoms with Crippen LogP contribution in [0.15, 0.2) is 30.6 Å². The number of pyridine rings is 1. The summed E-state index contributed by atoms with van der Waals surface area (Å²) in [6.45, 7) is 2.49. The number of aromatic nitrogens is 2. The van der Waals surface area contributed by atoms with Gasteiger partial charge in [0, 0.05) is 18.0 Å². The number of aliphatic hydroxyl groups is 1. The quantitative estimate of drug-likeness (QED) is 0.674. The van der Waals surface area contributed by atoms with E-state index in [1.54, 1.807) is 12.4 Å². The number of fused-ring (bicyclic) bond motifs is 1. The zero-order valence-electron chi connectivity index (χ0n) is 13.7. The van der Waals surface area contributed by atoms with Crippen LogP contribution < -0.4 is 4.74 Å². The van der Waals surface area contributed by atoms with Crippen LogP contribution in [0.1, 0.15) is 36.4 Å². The lowest BCUT2D eigenvalue weighted by Crippen LogP contribution is -2.00. The Morgan fingerprint density at radius 1 is 1.24 bits per heavy atom. The Balaban J connectivity index is 1.66. The fourth-order valence-electron chi connectivity index (χ4n) is 2.61. The summed E-state index contributed by atoms with van der Waals surface area (Å²) in [5, 5.41) is 10.6. The van der Waals surface area contributed by atoms with E-state index in [0.29, 0.717) is 30.9 Å². The minimum absolute atomic E-state index is 0.0232. The van der Waals surface area contributed by atoms with Crippen LogP contribution in [0.25, 0.3) is 10.2 Å². The molecule has 2 heterocycles. The summed E-state index contributed by atoms with van der Waals surface area (Å²) >= 11 is 0.991. The first kappa shape index (κ1) is 17.7. The van der Waals surface area contributed by atoms with Gasteiger partial charge in [-0.05, 0) is 44.4 Å². The van der Waals surface area contributed by atoms with Crippen LogP contribution in [0.3, 0.4) is 0 Å². The summed E-state index contributed by atoms with van der Waals surface area (Å²) in [5.74, 6) is -0.317. The summed E-state index contributed by atoms with van der Waals surface area (Å²) in [6.07, 6.45) is 4.36. The van der Waals surface area contributed by atoms with Crippen LogP contribution in [0.4, 0.5) is 8.78 Å². The largest absolute Gasteiger partial charge is 0.493 e. The van der Waals surface area contributed by atoms with Gasteiger partial charge in [0.05, 0.1) is 11.3 Å². The van der Waals surface area contributed by atoms with Gasteiger partial charge in [-0.1, -0.05) is 0 Å². The van der Waals surface area contributed by atoms with Gasteiger partial charge in [-0.25, -0.2) is 13.8 Å². The topological polar surface area (TPSA) is 55.2 Å². The average molecular weight is 364 g/mol. The molecule has 0 saturated carbocycles. The lowest BCUT2D eigenvalue weighted by molar-refractivity contribution is 0.164. The molecule has 0 saturated heterocycles. The minimum Gasteiger partial charge on any atom is -0.493 e. The minimum atomic E-state index is -0.858. The van der Waals surface area contributed by atoms with Crippen LogP contribution >= 0.6 is 11.3 Å². The van der Waals surface area contributed by atoms with Gasteiger partial charge in [0.1, 0.15) is 28.2 Å². The van der Waals surface area contributed by atoms with E-state index in [1.807, 2.05) is 13.0 Å². The zero-order chi connectivity index (χ0) is 17.8. The Labute approximate surface area is 148 Å². The van der Waals surface area contributed by atoms with Gasteiger partial charge in [-0.3, -0.25) is 4.98 Å². The maximum absolute atomic E-state index is 13.7. The maximum atomic E-state index is 13.7. The van der Waals surface area contributed by atoms with Crippen molar-refractivity contribution in [2.45, 2.75) is 32.3 Å². The Morgan fingerprint density at radius 2 is 2.04 bits per heavy atom. The van der Waals surface area contributed by atoms with Gasteiger partial charge in [0.25, 0.3) is 0 Å². The van der Waals surface area contributed by atoms with E-state index in [9.17, 15) is 13.9 Å². The number of halogens is 2. The Bertz CT molecular complexity index is 830. The molecule has 25 heavy (non-hydrogen) atoms. The molecule has 0 radical (unpaired) electrons. The number of ether oxygens (including phenoxy) is 1. The van der Waals surface area contributed by atoms with Gasteiger partial charge in [0.2, 0.25) is 0 Å². The molecule has 0 bridgehead atoms. The monoisotopic (exact) mass is 364 g/mol. The number of hydrogen-bond donors (Lipinski definition) is 1. The molecule has 1 aromatic carbocycles. The number of thiazole rings is 1. The predicted octanol–water partition coefficient (Wildman–Crippen LogP) is 4.42. The summed E-state index contributed by atoms with van der Waals surface area (Å²) in [4.78, 5) is 8.16. The molecule has 1 unspecified atom stereocenters. The Morgan fingerprint density at radius 3 is 2.80 bits per heavy atom. The number of aryl methyl sites for hydroxylation is 1. The molecule has 0 amide bonds. The third-order valence-corrected chi connectivity index (χ3v) is 5.00. The molecule has 7 heteroatoms. The van der Waals surface area contributed by atoms with Crippen molar-refractivity contribution in [1.29, 1.82) is 0 Å². The molecule has 1 N–H and O–H groups in total. The molecule has 0 aliphatic heterocycles. The molecule has 3 rings (SSSR count). The summed E-state index contributed by atoms with van der Waals surface area (Å²) in [7, 11) is 0. The molecule has 4 nitrogen and oxygen atoms in total. The van der Waals surface area contributed by atoms with Crippen LogP contribution in [0.5, 0.6) is 5.75 Å². The summed E-state index contributed by atoms with van der Waals surface area (Å²) < 4.78 is 33.1. The second-order valence-corrected chi connectivity index (χ2v) is 6.61. The molecule has 132 valence electrons. The van der Waals surface area contributed by atoms with Crippen molar-refractivity contribution in [3.05, 3.63) is 52.8 Å². The van der Waals surface area contributed by atoms with Gasteiger partial charge in [-0.15, -0.1) is 11.3 Å². The second kappa shape index (κ2) is 7.84. The molecule has 0 fully saturated rings. The number of nitrogens with zero attached hydrogens (tertiary/aromatic N) is 2. The zero-order valence-corrected chi connectivity index (χ0v) is 14.5. The Hall–Kier alpha value is -2.12. The normalized spacial score (nSPS) is 12.5. The third kappa shape index (κ3) is 3.93. The lowest BCUT2D eigenvalue weighted by Gasteiger charge is -2.10. The molecular weight excluding hydrogens is 346 g/mol. The molecule has 0 aliphatic carbocycles.